The number of rotatable bonds is 8. The molecule has 0 saturated heterocycles. The minimum Gasteiger partial charge on any atom is -0.493 e. The summed E-state index contributed by atoms with van der Waals surface area (Å²) in [7, 11) is 1.24. The molecule has 0 aliphatic carbocycles. The number of esters is 2. The van der Waals surface area contributed by atoms with Crippen molar-refractivity contribution in [2.45, 2.75) is 20.1 Å². The maximum absolute atomic E-state index is 12.9. The van der Waals surface area contributed by atoms with Crippen molar-refractivity contribution in [3.8, 4) is 5.75 Å². The van der Waals surface area contributed by atoms with Gasteiger partial charge in [0.2, 0.25) is 0 Å². The average Bonchev–Trinajstić information content (AvgIpc) is 3.42. The van der Waals surface area contributed by atoms with Gasteiger partial charge in [-0.15, -0.1) is 0 Å². The van der Waals surface area contributed by atoms with E-state index >= 15 is 0 Å². The molecule has 2 aromatic carbocycles. The molecule has 0 fully saturated rings. The number of imide groups is 1. The Bertz CT molecular complexity index is 1240. The minimum absolute atomic E-state index is 0.0241. The summed E-state index contributed by atoms with van der Waals surface area (Å²) in [5.41, 5.74) is 1.50. The number of hydrogen-bond acceptors (Lipinski definition) is 8. The van der Waals surface area contributed by atoms with Crippen LogP contribution in [0.25, 0.3) is 0 Å². The molecule has 1 aliphatic heterocycles. The minimum atomic E-state index is -0.722. The second-order valence-electron chi connectivity index (χ2n) is 7.33. The third-order valence-corrected chi connectivity index (χ3v) is 5.27. The lowest BCUT2D eigenvalue weighted by Crippen LogP contribution is -2.29. The Morgan fingerprint density at radius 2 is 1.65 bits per heavy atom. The van der Waals surface area contributed by atoms with Crippen LogP contribution in [0.5, 0.6) is 5.75 Å². The van der Waals surface area contributed by atoms with Crippen molar-refractivity contribution in [2.75, 3.05) is 13.7 Å². The van der Waals surface area contributed by atoms with Crippen LogP contribution in [0.1, 0.15) is 59.7 Å². The van der Waals surface area contributed by atoms with E-state index < -0.39 is 23.8 Å². The summed E-state index contributed by atoms with van der Waals surface area (Å²) in [6.07, 6.45) is 1.30. The predicted octanol–water partition coefficient (Wildman–Crippen LogP) is 3.62. The molecule has 1 aromatic heterocycles. The molecule has 0 saturated carbocycles. The van der Waals surface area contributed by atoms with Gasteiger partial charge in [0.25, 0.3) is 11.8 Å². The van der Waals surface area contributed by atoms with Crippen molar-refractivity contribution in [2.24, 2.45) is 0 Å². The van der Waals surface area contributed by atoms with Gasteiger partial charge in [0, 0.05) is 0 Å². The number of amides is 2. The van der Waals surface area contributed by atoms with Crippen molar-refractivity contribution in [3.05, 3.63) is 88.4 Å². The summed E-state index contributed by atoms with van der Waals surface area (Å²) in [5.74, 6) is -1.71. The van der Waals surface area contributed by atoms with Crippen molar-refractivity contribution < 1.29 is 37.8 Å². The van der Waals surface area contributed by atoms with E-state index in [1.54, 1.807) is 43.3 Å². The summed E-state index contributed by atoms with van der Waals surface area (Å²) < 4.78 is 20.8. The summed E-state index contributed by atoms with van der Waals surface area (Å²) in [4.78, 5) is 51.2. The lowest BCUT2D eigenvalue weighted by atomic mass is 10.1. The monoisotopic (exact) mass is 463 g/mol. The number of fused-ring (bicyclic) bond motifs is 1. The van der Waals surface area contributed by atoms with Gasteiger partial charge in [0.15, 0.2) is 12.4 Å². The lowest BCUT2D eigenvalue weighted by Gasteiger charge is -2.16. The van der Waals surface area contributed by atoms with Crippen LogP contribution in [0.4, 0.5) is 0 Å². The van der Waals surface area contributed by atoms with E-state index in [1.165, 1.54) is 25.5 Å². The zero-order chi connectivity index (χ0) is 24.2. The van der Waals surface area contributed by atoms with Crippen molar-refractivity contribution in [1.82, 2.24) is 4.90 Å². The zero-order valence-corrected chi connectivity index (χ0v) is 18.5. The molecule has 0 N–H and O–H groups in total. The van der Waals surface area contributed by atoms with E-state index in [4.69, 9.17) is 13.9 Å². The summed E-state index contributed by atoms with van der Waals surface area (Å²) in [6.45, 7) is 1.75. The molecule has 3 aromatic rings. The predicted molar refractivity (Wildman–Crippen MR) is 117 cm³/mol. The highest BCUT2D eigenvalue weighted by Gasteiger charge is 2.35. The average molecular weight is 463 g/mol. The Morgan fingerprint density at radius 3 is 2.29 bits per heavy atom. The molecular formula is C25H21NO8. The summed E-state index contributed by atoms with van der Waals surface area (Å²) >= 11 is 0. The third kappa shape index (κ3) is 4.27. The Morgan fingerprint density at radius 1 is 0.941 bits per heavy atom. The number of carbonyl (C=O) groups excluding carboxylic acids is 4. The Hall–Kier alpha value is -4.40. The number of hydrogen-bond donors (Lipinski definition) is 0. The van der Waals surface area contributed by atoms with E-state index in [1.807, 2.05) is 0 Å². The fourth-order valence-corrected chi connectivity index (χ4v) is 3.63. The van der Waals surface area contributed by atoms with Gasteiger partial charge in [-0.3, -0.25) is 14.5 Å². The fraction of sp³-hybridized carbons (Fsp3) is 0.200. The number of ether oxygens (including phenoxy) is 3. The molecular weight excluding hydrogens is 442 g/mol. The smallest absolute Gasteiger partial charge is 0.342 e. The van der Waals surface area contributed by atoms with E-state index in [0.717, 1.165) is 4.90 Å². The second kappa shape index (κ2) is 9.62. The highest BCUT2D eigenvalue weighted by Crippen LogP contribution is 2.27. The first-order chi connectivity index (χ1) is 16.4. The Balaban J connectivity index is 1.54. The van der Waals surface area contributed by atoms with E-state index in [9.17, 15) is 19.2 Å². The number of furan rings is 1. The van der Waals surface area contributed by atoms with Gasteiger partial charge >= 0.3 is 11.9 Å². The number of carbonyl (C=O) groups is 4. The quantitative estimate of drug-likeness (QED) is 0.368. The van der Waals surface area contributed by atoms with Crippen LogP contribution in [0.3, 0.4) is 0 Å². The molecule has 9 heteroatoms. The fourth-order valence-electron chi connectivity index (χ4n) is 3.63. The zero-order valence-electron chi connectivity index (χ0n) is 18.5. The molecule has 4 rings (SSSR count). The first-order valence-electron chi connectivity index (χ1n) is 10.5. The second-order valence-corrected chi connectivity index (χ2v) is 7.33. The Labute approximate surface area is 194 Å². The molecule has 0 bridgehead atoms. The molecule has 1 aliphatic rings. The summed E-state index contributed by atoms with van der Waals surface area (Å²) in [6, 6.07) is 12.8. The van der Waals surface area contributed by atoms with E-state index in [-0.39, 0.29) is 35.8 Å². The van der Waals surface area contributed by atoms with Crippen LogP contribution in [0.15, 0.2) is 59.2 Å². The molecule has 0 atom stereocenters. The molecule has 2 heterocycles. The lowest BCUT2D eigenvalue weighted by molar-refractivity contribution is 0.0428. The van der Waals surface area contributed by atoms with Gasteiger partial charge in [-0.25, -0.2) is 9.59 Å². The van der Waals surface area contributed by atoms with Gasteiger partial charge < -0.3 is 18.6 Å². The van der Waals surface area contributed by atoms with E-state index in [0.29, 0.717) is 23.3 Å². The maximum Gasteiger partial charge on any atom is 0.342 e. The topological polar surface area (TPSA) is 112 Å². The number of methoxy groups -OCH3 is 1. The van der Waals surface area contributed by atoms with Crippen molar-refractivity contribution >= 4 is 23.8 Å². The van der Waals surface area contributed by atoms with Gasteiger partial charge in [0.1, 0.15) is 16.9 Å². The molecule has 0 radical (unpaired) electrons. The van der Waals surface area contributed by atoms with Crippen LogP contribution in [0.2, 0.25) is 0 Å². The Kier molecular flexibility index (Phi) is 6.44. The molecule has 0 unspecified atom stereocenters. The normalized spacial score (nSPS) is 12.5. The molecule has 34 heavy (non-hydrogen) atoms. The van der Waals surface area contributed by atoms with Gasteiger partial charge in [-0.05, 0) is 42.8 Å². The van der Waals surface area contributed by atoms with Crippen molar-refractivity contribution in [1.29, 1.82) is 0 Å². The summed E-state index contributed by atoms with van der Waals surface area (Å²) in [5, 5.41) is 0. The first kappa shape index (κ1) is 22.8. The van der Waals surface area contributed by atoms with Gasteiger partial charge in [-0.1, -0.05) is 18.2 Å². The van der Waals surface area contributed by atoms with Crippen LogP contribution >= 0.6 is 0 Å². The highest BCUT2D eigenvalue weighted by molar-refractivity contribution is 6.21. The van der Waals surface area contributed by atoms with Gasteiger partial charge in [0.05, 0.1) is 37.7 Å². The van der Waals surface area contributed by atoms with Crippen LogP contribution in [-0.2, 0) is 22.6 Å². The molecule has 0 spiro atoms. The van der Waals surface area contributed by atoms with Crippen molar-refractivity contribution in [3.63, 3.8) is 0 Å². The number of nitrogens with zero attached hydrogens (tertiary/aromatic N) is 1. The largest absolute Gasteiger partial charge is 0.493 e. The van der Waals surface area contributed by atoms with Crippen LogP contribution in [0, 0.1) is 0 Å². The number of benzene rings is 2. The standard InChI is InChI=1S/C25H21NO8/c1-3-32-20-9-8-15(13-26-22(27)16-6-4-5-7-17(16)23(26)28)12-19(20)25(30)34-14-21-18(10-11-33-21)24(29)31-2/h4-12H,3,13-14H2,1-2H3. The van der Waals surface area contributed by atoms with Crippen LogP contribution < -0.4 is 4.74 Å². The molecule has 2 amide bonds. The molecule has 9 nitrogen and oxygen atoms in total. The van der Waals surface area contributed by atoms with E-state index in [2.05, 4.69) is 4.74 Å². The third-order valence-electron chi connectivity index (χ3n) is 5.27. The van der Waals surface area contributed by atoms with Gasteiger partial charge in [-0.2, -0.15) is 0 Å². The maximum atomic E-state index is 12.9. The highest BCUT2D eigenvalue weighted by atomic mass is 16.5. The van der Waals surface area contributed by atoms with Crippen LogP contribution in [-0.4, -0.2) is 42.4 Å². The molecule has 174 valence electrons. The first-order valence-corrected chi connectivity index (χ1v) is 10.5. The SMILES string of the molecule is CCOc1ccc(CN2C(=O)c3ccccc3C2=O)cc1C(=O)OCc1occc1C(=O)OC.